The van der Waals surface area contributed by atoms with Gasteiger partial charge in [0.15, 0.2) is 0 Å². The van der Waals surface area contributed by atoms with Crippen LogP contribution >= 0.6 is 11.6 Å². The van der Waals surface area contributed by atoms with Crippen LogP contribution in [0.2, 0.25) is 5.02 Å². The van der Waals surface area contributed by atoms with Crippen molar-refractivity contribution in [1.82, 2.24) is 0 Å². The first-order valence-corrected chi connectivity index (χ1v) is 11.5. The van der Waals surface area contributed by atoms with Crippen molar-refractivity contribution in [1.29, 1.82) is 0 Å². The number of hydrogen-bond acceptors (Lipinski definition) is 5. The number of aliphatic hydroxyl groups excluding tert-OH is 1. The number of alkyl halides is 3. The maximum absolute atomic E-state index is 13.8. The maximum Gasteiger partial charge on any atom is 0.416 e. The van der Waals surface area contributed by atoms with Crippen molar-refractivity contribution < 1.29 is 32.5 Å². The third kappa shape index (κ3) is 5.68. The average molecular weight is 521 g/mol. The summed E-state index contributed by atoms with van der Waals surface area (Å²) in [5, 5.41) is 12.7. The van der Waals surface area contributed by atoms with Crippen LogP contribution in [0.4, 0.5) is 24.5 Å². The summed E-state index contributed by atoms with van der Waals surface area (Å²) < 4.78 is 50.9. The normalized spacial score (nSPS) is 13.8. The van der Waals surface area contributed by atoms with E-state index in [0.29, 0.717) is 39.8 Å². The summed E-state index contributed by atoms with van der Waals surface area (Å²) in [4.78, 5) is 15.2. The van der Waals surface area contributed by atoms with Gasteiger partial charge in [-0.3, -0.25) is 4.79 Å². The Labute approximate surface area is 211 Å². The number of aliphatic hydroxyl groups is 1. The zero-order chi connectivity index (χ0) is 25.9. The Morgan fingerprint density at radius 1 is 1.11 bits per heavy atom. The number of carbonyl (C=O) groups is 1. The molecular formula is C26H24ClF3N2O4. The van der Waals surface area contributed by atoms with Crippen LogP contribution in [-0.2, 0) is 17.4 Å². The highest BCUT2D eigenvalue weighted by Crippen LogP contribution is 2.38. The van der Waals surface area contributed by atoms with E-state index < -0.39 is 23.7 Å². The molecule has 1 aliphatic rings. The second kappa shape index (κ2) is 10.7. The highest BCUT2D eigenvalue weighted by atomic mass is 35.5. The molecule has 36 heavy (non-hydrogen) atoms. The summed E-state index contributed by atoms with van der Waals surface area (Å²) in [7, 11) is 1.48. The van der Waals surface area contributed by atoms with E-state index >= 15 is 0 Å². The predicted octanol–water partition coefficient (Wildman–Crippen LogP) is 5.48. The summed E-state index contributed by atoms with van der Waals surface area (Å²) in [5.74, 6) is 0.446. The molecule has 1 atom stereocenters. The van der Waals surface area contributed by atoms with Crippen LogP contribution in [0.3, 0.4) is 0 Å². The van der Waals surface area contributed by atoms with Crippen molar-refractivity contribution in [3.05, 3.63) is 82.4 Å². The highest BCUT2D eigenvalue weighted by molar-refractivity contribution is 6.30. The zero-order valence-corrected chi connectivity index (χ0v) is 20.1. The number of halogens is 4. The molecule has 2 N–H and O–H groups in total. The van der Waals surface area contributed by atoms with Crippen molar-refractivity contribution in [3.8, 4) is 11.5 Å². The van der Waals surface area contributed by atoms with Crippen molar-refractivity contribution in [3.63, 3.8) is 0 Å². The van der Waals surface area contributed by atoms with E-state index in [1.165, 1.54) is 18.1 Å². The molecule has 0 saturated carbocycles. The van der Waals surface area contributed by atoms with Crippen LogP contribution in [0.15, 0.2) is 60.7 Å². The Hall–Kier alpha value is -3.43. The minimum atomic E-state index is -4.52. The minimum absolute atomic E-state index is 0.0677. The van der Waals surface area contributed by atoms with E-state index in [1.54, 1.807) is 42.5 Å². The molecule has 190 valence electrons. The molecule has 0 fully saturated rings. The first-order valence-electron chi connectivity index (χ1n) is 11.2. The van der Waals surface area contributed by atoms with Gasteiger partial charge in [0.05, 0.1) is 19.3 Å². The maximum atomic E-state index is 13.8. The van der Waals surface area contributed by atoms with Crippen molar-refractivity contribution in [2.75, 3.05) is 37.1 Å². The van der Waals surface area contributed by atoms with Crippen LogP contribution in [0, 0.1) is 0 Å². The fourth-order valence-corrected chi connectivity index (χ4v) is 4.20. The molecule has 0 aliphatic carbocycles. The number of anilines is 2. The molecular weight excluding hydrogens is 497 g/mol. The standard InChI is InChI=1S/C26H24ClF3N2O4/c1-35-21-13-20(14-22(15-21)36-11-10-33)31-24(17-3-6-19(27)7-4-17)25(34)32-9-8-16-2-5-18(12-23(16)32)26(28,29)30/h2-7,12-15,24,31,33H,8-11H2,1H3. The first kappa shape index (κ1) is 25.7. The SMILES string of the molecule is COc1cc(NC(C(=O)N2CCc3ccc(C(F)(F)F)cc32)c2ccc(Cl)cc2)cc(OCCO)c1. The molecule has 1 amide bonds. The predicted molar refractivity (Wildman–Crippen MR) is 131 cm³/mol. The summed E-state index contributed by atoms with van der Waals surface area (Å²) in [5.41, 5.74) is 1.17. The Morgan fingerprint density at radius 2 is 1.83 bits per heavy atom. The Morgan fingerprint density at radius 3 is 2.50 bits per heavy atom. The van der Waals surface area contributed by atoms with Gasteiger partial charge in [0, 0.05) is 41.1 Å². The summed E-state index contributed by atoms with van der Waals surface area (Å²) in [6, 6.07) is 14.1. The number of methoxy groups -OCH3 is 1. The molecule has 6 nitrogen and oxygen atoms in total. The monoisotopic (exact) mass is 520 g/mol. The number of hydrogen-bond donors (Lipinski definition) is 2. The number of ether oxygens (including phenoxy) is 2. The van der Waals surface area contributed by atoms with Gasteiger partial charge in [-0.2, -0.15) is 13.2 Å². The number of fused-ring (bicyclic) bond motifs is 1. The Balaban J connectivity index is 1.71. The van der Waals surface area contributed by atoms with Crippen molar-refractivity contribution in [2.45, 2.75) is 18.6 Å². The fourth-order valence-electron chi connectivity index (χ4n) is 4.07. The molecule has 10 heteroatoms. The first-order chi connectivity index (χ1) is 17.2. The molecule has 0 aromatic heterocycles. The molecule has 4 rings (SSSR count). The topological polar surface area (TPSA) is 71.0 Å². The summed E-state index contributed by atoms with van der Waals surface area (Å²) in [6.45, 7) is 0.141. The lowest BCUT2D eigenvalue weighted by atomic mass is 10.0. The van der Waals surface area contributed by atoms with Gasteiger partial charge in [0.1, 0.15) is 24.1 Å². The van der Waals surface area contributed by atoms with Gasteiger partial charge in [0.25, 0.3) is 5.91 Å². The molecule has 0 spiro atoms. The highest BCUT2D eigenvalue weighted by Gasteiger charge is 2.36. The zero-order valence-electron chi connectivity index (χ0n) is 19.3. The number of carbonyl (C=O) groups excluding carboxylic acids is 1. The lowest BCUT2D eigenvalue weighted by Gasteiger charge is -2.27. The van der Waals surface area contributed by atoms with Gasteiger partial charge in [-0.1, -0.05) is 29.8 Å². The van der Waals surface area contributed by atoms with E-state index in [9.17, 15) is 18.0 Å². The molecule has 3 aromatic carbocycles. The second-order valence-corrected chi connectivity index (χ2v) is 8.62. The number of benzene rings is 3. The van der Waals surface area contributed by atoms with Crippen molar-refractivity contribution >= 4 is 28.9 Å². The molecule has 1 aliphatic heterocycles. The minimum Gasteiger partial charge on any atom is -0.497 e. The van der Waals surface area contributed by atoms with E-state index in [0.717, 1.165) is 12.1 Å². The van der Waals surface area contributed by atoms with Crippen LogP contribution < -0.4 is 19.7 Å². The molecule has 1 unspecified atom stereocenters. The van der Waals surface area contributed by atoms with Gasteiger partial charge in [0.2, 0.25) is 0 Å². The molecule has 0 saturated heterocycles. The Kier molecular flexibility index (Phi) is 7.61. The quantitative estimate of drug-likeness (QED) is 0.411. The van der Waals surface area contributed by atoms with Gasteiger partial charge >= 0.3 is 6.18 Å². The summed E-state index contributed by atoms with van der Waals surface area (Å²) >= 11 is 6.04. The number of nitrogens with zero attached hydrogens (tertiary/aromatic N) is 1. The fraction of sp³-hybridized carbons (Fsp3) is 0.269. The van der Waals surface area contributed by atoms with Gasteiger partial charge in [-0.25, -0.2) is 0 Å². The van der Waals surface area contributed by atoms with E-state index in [1.807, 2.05) is 0 Å². The van der Waals surface area contributed by atoms with Crippen LogP contribution in [0.1, 0.15) is 22.7 Å². The largest absolute Gasteiger partial charge is 0.497 e. The second-order valence-electron chi connectivity index (χ2n) is 8.18. The lowest BCUT2D eigenvalue weighted by Crippen LogP contribution is -2.37. The van der Waals surface area contributed by atoms with E-state index in [-0.39, 0.29) is 25.4 Å². The van der Waals surface area contributed by atoms with Gasteiger partial charge in [-0.15, -0.1) is 0 Å². The average Bonchev–Trinajstić information content (AvgIpc) is 3.29. The van der Waals surface area contributed by atoms with Gasteiger partial charge in [-0.05, 0) is 41.8 Å². The number of nitrogens with one attached hydrogen (secondary N) is 1. The Bertz CT molecular complexity index is 1230. The van der Waals surface area contributed by atoms with Gasteiger partial charge < -0.3 is 24.8 Å². The molecule has 0 bridgehead atoms. The molecule has 1 heterocycles. The van der Waals surface area contributed by atoms with Crippen molar-refractivity contribution in [2.24, 2.45) is 0 Å². The summed E-state index contributed by atoms with van der Waals surface area (Å²) in [6.07, 6.45) is -4.07. The third-order valence-corrected chi connectivity index (χ3v) is 6.06. The van der Waals surface area contributed by atoms with Crippen LogP contribution in [0.5, 0.6) is 11.5 Å². The van der Waals surface area contributed by atoms with E-state index in [2.05, 4.69) is 5.32 Å². The third-order valence-electron chi connectivity index (χ3n) is 5.81. The molecule has 3 aromatic rings. The van der Waals surface area contributed by atoms with Crippen LogP contribution in [0.25, 0.3) is 0 Å². The van der Waals surface area contributed by atoms with E-state index in [4.69, 9.17) is 26.2 Å². The molecule has 0 radical (unpaired) electrons. The smallest absolute Gasteiger partial charge is 0.416 e. The van der Waals surface area contributed by atoms with Crippen LogP contribution in [-0.4, -0.2) is 37.9 Å². The lowest BCUT2D eigenvalue weighted by molar-refractivity contribution is -0.137. The number of rotatable bonds is 8. The number of amides is 1.